The zero-order valence-electron chi connectivity index (χ0n) is 39.5. The summed E-state index contributed by atoms with van der Waals surface area (Å²) in [4.78, 5) is 25.0. The van der Waals surface area contributed by atoms with E-state index in [1.54, 1.807) is 0 Å². The number of rotatable bonds is 46. The van der Waals surface area contributed by atoms with Gasteiger partial charge in [0.1, 0.15) is 19.3 Å². The Kier molecular flexibility index (Phi) is 42.4. The summed E-state index contributed by atoms with van der Waals surface area (Å²) in [7, 11) is 1.36. The van der Waals surface area contributed by atoms with E-state index in [0.717, 1.165) is 44.9 Å². The van der Waals surface area contributed by atoms with Gasteiger partial charge in [0.05, 0.1) is 34.4 Å². The summed E-state index contributed by atoms with van der Waals surface area (Å²) in [5.74, 6) is -0.335. The maximum Gasteiger partial charge on any atom is 0.306 e. The topological polar surface area (TPSA) is 94.1 Å². The lowest BCUT2D eigenvalue weighted by Gasteiger charge is -2.28. The van der Waals surface area contributed by atoms with Crippen LogP contribution in [0.2, 0.25) is 0 Å². The Balaban J connectivity index is 4.04. The molecular weight excluding hydrogens is 758 g/mol. The molecule has 0 aliphatic heterocycles. The van der Waals surface area contributed by atoms with Crippen molar-refractivity contribution in [2.45, 2.75) is 225 Å². The van der Waals surface area contributed by atoms with Gasteiger partial charge in [0, 0.05) is 13.0 Å². The summed E-state index contributed by atoms with van der Waals surface area (Å²) in [6, 6.07) is 0. The zero-order valence-corrected chi connectivity index (χ0v) is 40.4. The van der Waals surface area contributed by atoms with Crippen LogP contribution in [0.1, 0.15) is 219 Å². The van der Waals surface area contributed by atoms with Crippen LogP contribution in [0, 0.1) is 0 Å². The Hall–Kier alpha value is -1.28. The van der Waals surface area contributed by atoms with Crippen LogP contribution in [0.4, 0.5) is 0 Å². The molecule has 0 rings (SSSR count). The number of unbranched alkanes of at least 4 members (excludes halogenated alkanes) is 26. The largest absolute Gasteiger partial charge is 0.756 e. The first-order chi connectivity index (χ1) is 28.6. The van der Waals surface area contributed by atoms with E-state index < -0.39 is 13.9 Å². The van der Waals surface area contributed by atoms with Crippen LogP contribution in [0.15, 0.2) is 36.5 Å². The van der Waals surface area contributed by atoms with Crippen molar-refractivity contribution < 1.29 is 37.3 Å². The first kappa shape index (κ1) is 57.7. The minimum absolute atomic E-state index is 0.0267. The molecule has 0 aliphatic rings. The molecule has 0 fully saturated rings. The van der Waals surface area contributed by atoms with Gasteiger partial charge in [-0.3, -0.25) is 9.36 Å². The number of carbonyl (C=O) groups excluding carboxylic acids is 1. The lowest BCUT2D eigenvalue weighted by atomic mass is 10.1. The Bertz CT molecular complexity index is 1040. The van der Waals surface area contributed by atoms with Crippen LogP contribution in [-0.4, -0.2) is 70.7 Å². The van der Waals surface area contributed by atoms with Crippen LogP contribution < -0.4 is 4.89 Å². The maximum absolute atomic E-state index is 12.7. The van der Waals surface area contributed by atoms with Crippen LogP contribution in [0.5, 0.6) is 0 Å². The highest BCUT2D eigenvalue weighted by Crippen LogP contribution is 2.38. The second kappa shape index (κ2) is 43.4. The highest BCUT2D eigenvalue weighted by atomic mass is 31.2. The molecule has 2 atom stereocenters. The smallest absolute Gasteiger partial charge is 0.306 e. The van der Waals surface area contributed by atoms with E-state index in [4.69, 9.17) is 18.5 Å². The SMILES string of the molecule is CCCCCCC/C=C\C/C=C\C/C=C\CCCCCCCCCCCCCOCC(COP(=O)([O-])OCC[N+](C)(C)C)OC(=O)CCCCCCCCCCCCC. The molecule has 0 heterocycles. The van der Waals surface area contributed by atoms with Gasteiger partial charge in [-0.15, -0.1) is 0 Å². The molecular formula is C50H96NO7P. The quantitative estimate of drug-likeness (QED) is 0.0198. The van der Waals surface area contributed by atoms with Crippen molar-refractivity contribution >= 4 is 13.8 Å². The molecule has 0 bridgehead atoms. The number of likely N-dealkylation sites (N-methyl/N-ethyl adjacent to an activating group) is 1. The predicted octanol–water partition coefficient (Wildman–Crippen LogP) is 14.3. The molecule has 9 heteroatoms. The summed E-state index contributed by atoms with van der Waals surface area (Å²) in [6.45, 7) is 5.41. The van der Waals surface area contributed by atoms with Crippen molar-refractivity contribution in [2.75, 3.05) is 54.1 Å². The van der Waals surface area contributed by atoms with Gasteiger partial charge in [-0.1, -0.05) is 198 Å². The number of allylic oxidation sites excluding steroid dienone is 6. The number of phosphoric ester groups is 1. The van der Waals surface area contributed by atoms with Crippen molar-refractivity contribution in [2.24, 2.45) is 0 Å². The third kappa shape index (κ3) is 47.6. The molecule has 2 unspecified atom stereocenters. The number of esters is 1. The Morgan fingerprint density at radius 2 is 0.932 bits per heavy atom. The van der Waals surface area contributed by atoms with Crippen LogP contribution in [-0.2, 0) is 27.9 Å². The summed E-state index contributed by atoms with van der Waals surface area (Å²) in [5.41, 5.74) is 0. The van der Waals surface area contributed by atoms with Crippen molar-refractivity contribution in [3.05, 3.63) is 36.5 Å². The second-order valence-corrected chi connectivity index (χ2v) is 19.2. The number of ether oxygens (including phenoxy) is 2. The molecule has 0 aliphatic carbocycles. The molecule has 0 radical (unpaired) electrons. The van der Waals surface area contributed by atoms with Crippen molar-refractivity contribution in [3.63, 3.8) is 0 Å². The minimum Gasteiger partial charge on any atom is -0.756 e. The van der Waals surface area contributed by atoms with Gasteiger partial charge < -0.3 is 27.9 Å². The molecule has 0 saturated heterocycles. The zero-order chi connectivity index (χ0) is 43.4. The van der Waals surface area contributed by atoms with Gasteiger partial charge in [-0.2, -0.15) is 0 Å². The Labute approximate surface area is 365 Å². The van der Waals surface area contributed by atoms with E-state index in [1.165, 1.54) is 154 Å². The van der Waals surface area contributed by atoms with Crippen LogP contribution in [0.3, 0.4) is 0 Å². The molecule has 348 valence electrons. The molecule has 0 aromatic rings. The van der Waals surface area contributed by atoms with Gasteiger partial charge >= 0.3 is 5.97 Å². The standard InChI is InChI=1S/C50H96NO7P/c1-6-8-10-12-14-16-18-19-20-21-22-23-24-25-26-27-28-29-30-31-32-34-36-38-40-42-45-55-47-49(48-57-59(53,54)56-46-44-51(3,4)5)58-50(52)43-41-39-37-35-33-17-15-13-11-9-7-2/h18-19,21-22,24-25,49H,6-17,20,23,26-48H2,1-5H3/b19-18-,22-21-,25-24-. The molecule has 8 nitrogen and oxygen atoms in total. The molecule has 0 amide bonds. The first-order valence-corrected chi connectivity index (χ1v) is 26.2. The van der Waals surface area contributed by atoms with Gasteiger partial charge in [0.2, 0.25) is 0 Å². The van der Waals surface area contributed by atoms with E-state index in [-0.39, 0.29) is 25.8 Å². The van der Waals surface area contributed by atoms with Gasteiger partial charge in [0.15, 0.2) is 0 Å². The molecule has 59 heavy (non-hydrogen) atoms. The van der Waals surface area contributed by atoms with E-state index in [1.807, 2.05) is 21.1 Å². The number of carbonyl (C=O) groups is 1. The summed E-state index contributed by atoms with van der Waals surface area (Å²) >= 11 is 0. The molecule has 0 aromatic carbocycles. The van der Waals surface area contributed by atoms with E-state index >= 15 is 0 Å². The average Bonchev–Trinajstić information content (AvgIpc) is 3.19. The minimum atomic E-state index is -4.52. The molecule has 0 aromatic heterocycles. The van der Waals surface area contributed by atoms with Crippen molar-refractivity contribution in [3.8, 4) is 0 Å². The highest BCUT2D eigenvalue weighted by Gasteiger charge is 2.20. The fourth-order valence-corrected chi connectivity index (χ4v) is 7.58. The lowest BCUT2D eigenvalue weighted by molar-refractivity contribution is -0.870. The molecule has 0 spiro atoms. The fraction of sp³-hybridized carbons (Fsp3) is 0.860. The summed E-state index contributed by atoms with van der Waals surface area (Å²) < 4.78 is 34.6. The Morgan fingerprint density at radius 1 is 0.525 bits per heavy atom. The second-order valence-electron chi connectivity index (χ2n) is 17.8. The maximum atomic E-state index is 12.7. The number of phosphoric acid groups is 1. The monoisotopic (exact) mass is 854 g/mol. The third-order valence-electron chi connectivity index (χ3n) is 10.7. The van der Waals surface area contributed by atoms with Crippen LogP contribution >= 0.6 is 7.82 Å². The van der Waals surface area contributed by atoms with Crippen LogP contribution in [0.25, 0.3) is 0 Å². The Morgan fingerprint density at radius 3 is 1.39 bits per heavy atom. The molecule has 0 N–H and O–H groups in total. The average molecular weight is 854 g/mol. The molecule has 0 saturated carbocycles. The van der Waals surface area contributed by atoms with Crippen molar-refractivity contribution in [1.82, 2.24) is 0 Å². The normalized spacial score (nSPS) is 13.9. The van der Waals surface area contributed by atoms with Gasteiger partial charge in [-0.25, -0.2) is 0 Å². The van der Waals surface area contributed by atoms with E-state index in [2.05, 4.69) is 50.3 Å². The number of nitrogens with zero attached hydrogens (tertiary/aromatic N) is 1. The van der Waals surface area contributed by atoms with E-state index in [9.17, 15) is 14.3 Å². The number of quaternary nitrogens is 1. The lowest BCUT2D eigenvalue weighted by Crippen LogP contribution is -2.37. The highest BCUT2D eigenvalue weighted by molar-refractivity contribution is 7.45. The summed E-state index contributed by atoms with van der Waals surface area (Å²) in [6.07, 6.45) is 51.7. The van der Waals surface area contributed by atoms with E-state index in [0.29, 0.717) is 24.1 Å². The third-order valence-corrected chi connectivity index (χ3v) is 11.7. The number of hydrogen-bond donors (Lipinski definition) is 0. The van der Waals surface area contributed by atoms with Gasteiger partial charge in [-0.05, 0) is 51.4 Å². The van der Waals surface area contributed by atoms with Crippen molar-refractivity contribution in [1.29, 1.82) is 0 Å². The first-order valence-electron chi connectivity index (χ1n) is 24.7. The van der Waals surface area contributed by atoms with Gasteiger partial charge in [0.25, 0.3) is 7.82 Å². The summed E-state index contributed by atoms with van der Waals surface area (Å²) in [5, 5.41) is 0. The predicted molar refractivity (Wildman–Crippen MR) is 250 cm³/mol. The fourth-order valence-electron chi connectivity index (χ4n) is 6.85. The number of hydrogen-bond acceptors (Lipinski definition) is 7.